The summed E-state index contributed by atoms with van der Waals surface area (Å²) in [5, 5.41) is 6.08. The van der Waals surface area contributed by atoms with Gasteiger partial charge in [-0.15, -0.1) is 0 Å². The van der Waals surface area contributed by atoms with E-state index in [2.05, 4.69) is 20.6 Å². The molecule has 0 spiro atoms. The molecule has 0 saturated carbocycles. The topological polar surface area (TPSA) is 66.9 Å². The number of amides is 1. The van der Waals surface area contributed by atoms with Gasteiger partial charge in [-0.3, -0.25) is 4.79 Å². The number of rotatable bonds is 4. The van der Waals surface area contributed by atoms with E-state index in [4.69, 9.17) is 0 Å². The highest BCUT2D eigenvalue weighted by Gasteiger charge is 2.05. The molecule has 5 heteroatoms. The molecule has 0 unspecified atom stereocenters. The summed E-state index contributed by atoms with van der Waals surface area (Å²) in [6.45, 7) is 1.91. The van der Waals surface area contributed by atoms with Crippen LogP contribution in [0, 0.1) is 6.92 Å². The minimum absolute atomic E-state index is 0.138. The predicted molar refractivity (Wildman–Crippen MR) is 90.9 cm³/mol. The number of hydrogen-bond acceptors (Lipinski definition) is 4. The van der Waals surface area contributed by atoms with Crippen LogP contribution in [-0.2, 0) is 0 Å². The Kier molecular flexibility index (Phi) is 4.29. The highest BCUT2D eigenvalue weighted by Crippen LogP contribution is 2.19. The highest BCUT2D eigenvalue weighted by atomic mass is 16.1. The SMILES string of the molecule is Cc1cc(Nc2cccc(NC(=O)c3ccccc3)c2)ncn1. The smallest absolute Gasteiger partial charge is 0.255 e. The molecule has 0 fully saturated rings. The molecule has 0 atom stereocenters. The quantitative estimate of drug-likeness (QED) is 0.769. The van der Waals surface area contributed by atoms with Gasteiger partial charge in [-0.05, 0) is 37.3 Å². The van der Waals surface area contributed by atoms with E-state index < -0.39 is 0 Å². The van der Waals surface area contributed by atoms with Crippen LogP contribution in [-0.4, -0.2) is 15.9 Å². The zero-order valence-corrected chi connectivity index (χ0v) is 12.7. The van der Waals surface area contributed by atoms with Crippen molar-refractivity contribution in [2.75, 3.05) is 10.6 Å². The van der Waals surface area contributed by atoms with Crippen LogP contribution < -0.4 is 10.6 Å². The van der Waals surface area contributed by atoms with Gasteiger partial charge in [0.2, 0.25) is 0 Å². The normalized spacial score (nSPS) is 10.1. The van der Waals surface area contributed by atoms with Gasteiger partial charge < -0.3 is 10.6 Å². The van der Waals surface area contributed by atoms with Crippen LogP contribution in [0.2, 0.25) is 0 Å². The molecule has 0 bridgehead atoms. The maximum atomic E-state index is 12.2. The largest absolute Gasteiger partial charge is 0.340 e. The summed E-state index contributed by atoms with van der Waals surface area (Å²) in [7, 11) is 0. The lowest BCUT2D eigenvalue weighted by Crippen LogP contribution is -2.11. The summed E-state index contributed by atoms with van der Waals surface area (Å²) in [4.78, 5) is 20.4. The molecular formula is C18H16N4O. The van der Waals surface area contributed by atoms with E-state index in [0.29, 0.717) is 11.4 Å². The van der Waals surface area contributed by atoms with E-state index >= 15 is 0 Å². The number of aromatic nitrogens is 2. The predicted octanol–water partition coefficient (Wildman–Crippen LogP) is 3.78. The molecular weight excluding hydrogens is 288 g/mol. The summed E-state index contributed by atoms with van der Waals surface area (Å²) in [6, 6.07) is 18.5. The van der Waals surface area contributed by atoms with Crippen LogP contribution >= 0.6 is 0 Å². The van der Waals surface area contributed by atoms with Crippen molar-refractivity contribution in [2.24, 2.45) is 0 Å². The number of carbonyl (C=O) groups is 1. The zero-order chi connectivity index (χ0) is 16.1. The van der Waals surface area contributed by atoms with Crippen molar-refractivity contribution in [3.05, 3.63) is 78.2 Å². The second-order valence-electron chi connectivity index (χ2n) is 5.07. The third-order valence-electron chi connectivity index (χ3n) is 3.23. The first-order chi connectivity index (χ1) is 11.2. The van der Waals surface area contributed by atoms with Gasteiger partial charge >= 0.3 is 0 Å². The van der Waals surface area contributed by atoms with E-state index in [1.165, 1.54) is 6.33 Å². The zero-order valence-electron chi connectivity index (χ0n) is 12.7. The van der Waals surface area contributed by atoms with Gasteiger partial charge in [0.1, 0.15) is 12.1 Å². The first-order valence-electron chi connectivity index (χ1n) is 7.23. The van der Waals surface area contributed by atoms with Gasteiger partial charge in [0.25, 0.3) is 5.91 Å². The fourth-order valence-corrected chi connectivity index (χ4v) is 2.14. The maximum absolute atomic E-state index is 12.2. The molecule has 3 aromatic rings. The molecule has 0 radical (unpaired) electrons. The van der Waals surface area contributed by atoms with Crippen molar-refractivity contribution < 1.29 is 4.79 Å². The van der Waals surface area contributed by atoms with E-state index in [9.17, 15) is 4.79 Å². The Labute approximate surface area is 134 Å². The first-order valence-corrected chi connectivity index (χ1v) is 7.23. The van der Waals surface area contributed by atoms with E-state index in [1.807, 2.05) is 55.5 Å². The lowest BCUT2D eigenvalue weighted by molar-refractivity contribution is 0.102. The van der Waals surface area contributed by atoms with Crippen LogP contribution in [0.4, 0.5) is 17.2 Å². The molecule has 0 aliphatic carbocycles. The van der Waals surface area contributed by atoms with Crippen LogP contribution in [0.5, 0.6) is 0 Å². The Morgan fingerprint density at radius 2 is 1.70 bits per heavy atom. The van der Waals surface area contributed by atoms with Crippen LogP contribution in [0.15, 0.2) is 67.0 Å². The third kappa shape index (κ3) is 3.91. The molecule has 2 N–H and O–H groups in total. The van der Waals surface area contributed by atoms with Crippen molar-refractivity contribution in [2.45, 2.75) is 6.92 Å². The van der Waals surface area contributed by atoms with E-state index in [1.54, 1.807) is 12.1 Å². The van der Waals surface area contributed by atoms with Gasteiger partial charge in [-0.25, -0.2) is 9.97 Å². The number of nitrogens with zero attached hydrogens (tertiary/aromatic N) is 2. The summed E-state index contributed by atoms with van der Waals surface area (Å²) < 4.78 is 0. The Balaban J connectivity index is 1.74. The minimum Gasteiger partial charge on any atom is -0.340 e. The number of anilines is 3. The molecule has 114 valence electrons. The van der Waals surface area contributed by atoms with Crippen LogP contribution in [0.25, 0.3) is 0 Å². The number of nitrogens with one attached hydrogen (secondary N) is 2. The van der Waals surface area contributed by atoms with Crippen molar-refractivity contribution in [3.8, 4) is 0 Å². The van der Waals surface area contributed by atoms with E-state index in [-0.39, 0.29) is 5.91 Å². The number of hydrogen-bond donors (Lipinski definition) is 2. The number of carbonyl (C=O) groups excluding carboxylic acids is 1. The Hall–Kier alpha value is -3.21. The van der Waals surface area contributed by atoms with E-state index in [0.717, 1.165) is 17.1 Å². The summed E-state index contributed by atoms with van der Waals surface area (Å²) in [6.07, 6.45) is 1.51. The number of aryl methyl sites for hydroxylation is 1. The Bertz CT molecular complexity index is 818. The second-order valence-corrected chi connectivity index (χ2v) is 5.07. The van der Waals surface area contributed by atoms with Crippen molar-refractivity contribution in [3.63, 3.8) is 0 Å². The molecule has 1 amide bonds. The van der Waals surface area contributed by atoms with Crippen LogP contribution in [0.1, 0.15) is 16.1 Å². The lowest BCUT2D eigenvalue weighted by atomic mass is 10.2. The summed E-state index contributed by atoms with van der Waals surface area (Å²) in [5.74, 6) is 0.574. The molecule has 3 rings (SSSR count). The monoisotopic (exact) mass is 304 g/mol. The standard InChI is InChI=1S/C18H16N4O/c1-13-10-17(20-12-19-13)21-15-8-5-9-16(11-15)22-18(23)14-6-3-2-4-7-14/h2-12H,1H3,(H,22,23)(H,19,20,21). The highest BCUT2D eigenvalue weighted by molar-refractivity contribution is 6.04. The molecule has 5 nitrogen and oxygen atoms in total. The fourth-order valence-electron chi connectivity index (χ4n) is 2.14. The summed E-state index contributed by atoms with van der Waals surface area (Å²) in [5.41, 5.74) is 3.07. The average molecular weight is 304 g/mol. The van der Waals surface area contributed by atoms with Crippen LogP contribution in [0.3, 0.4) is 0 Å². The van der Waals surface area contributed by atoms with Gasteiger partial charge in [-0.2, -0.15) is 0 Å². The third-order valence-corrected chi connectivity index (χ3v) is 3.23. The molecule has 0 aliphatic rings. The molecule has 23 heavy (non-hydrogen) atoms. The van der Waals surface area contributed by atoms with Gasteiger partial charge in [0, 0.05) is 28.7 Å². The number of benzene rings is 2. The molecule has 1 aromatic heterocycles. The van der Waals surface area contributed by atoms with Crippen molar-refractivity contribution >= 4 is 23.1 Å². The molecule has 2 aromatic carbocycles. The van der Waals surface area contributed by atoms with Crippen molar-refractivity contribution in [1.82, 2.24) is 9.97 Å². The summed E-state index contributed by atoms with van der Waals surface area (Å²) >= 11 is 0. The Morgan fingerprint density at radius 1 is 0.913 bits per heavy atom. The average Bonchev–Trinajstić information content (AvgIpc) is 2.56. The van der Waals surface area contributed by atoms with Gasteiger partial charge in [0.15, 0.2) is 0 Å². The fraction of sp³-hybridized carbons (Fsp3) is 0.0556. The molecule has 0 aliphatic heterocycles. The second kappa shape index (κ2) is 6.70. The molecule has 0 saturated heterocycles. The maximum Gasteiger partial charge on any atom is 0.255 e. The van der Waals surface area contributed by atoms with Gasteiger partial charge in [-0.1, -0.05) is 24.3 Å². The first kappa shape index (κ1) is 14.7. The van der Waals surface area contributed by atoms with Crippen molar-refractivity contribution in [1.29, 1.82) is 0 Å². The molecule has 1 heterocycles. The lowest BCUT2D eigenvalue weighted by Gasteiger charge is -2.09. The minimum atomic E-state index is -0.138. The Morgan fingerprint density at radius 3 is 2.48 bits per heavy atom. The van der Waals surface area contributed by atoms with Gasteiger partial charge in [0.05, 0.1) is 0 Å².